The molecular formula is C18H18FN3O7. The van der Waals surface area contributed by atoms with E-state index in [0.29, 0.717) is 6.07 Å². The summed E-state index contributed by atoms with van der Waals surface area (Å²) in [6.45, 7) is 4.39. The Hall–Kier alpha value is -3.76. The summed E-state index contributed by atoms with van der Waals surface area (Å²) in [5.41, 5.74) is -0.978. The van der Waals surface area contributed by atoms with Gasteiger partial charge in [-0.2, -0.15) is 0 Å². The van der Waals surface area contributed by atoms with Gasteiger partial charge in [0.05, 0.1) is 23.3 Å². The summed E-state index contributed by atoms with van der Waals surface area (Å²) in [4.78, 5) is 37.4. The molecule has 0 spiro atoms. The molecular weight excluding hydrogens is 389 g/mol. The quantitative estimate of drug-likeness (QED) is 0.401. The highest BCUT2D eigenvalue weighted by atomic mass is 19.1. The maximum atomic E-state index is 14.0. The van der Waals surface area contributed by atoms with Crippen molar-refractivity contribution >= 4 is 23.3 Å². The molecule has 1 heterocycles. The monoisotopic (exact) mass is 407 g/mol. The van der Waals surface area contributed by atoms with Gasteiger partial charge in [0, 0.05) is 19.2 Å². The Morgan fingerprint density at radius 3 is 2.69 bits per heavy atom. The van der Waals surface area contributed by atoms with Gasteiger partial charge in [-0.15, -0.1) is 0 Å². The van der Waals surface area contributed by atoms with Gasteiger partial charge >= 0.3 is 11.7 Å². The lowest BCUT2D eigenvalue weighted by Gasteiger charge is -2.16. The van der Waals surface area contributed by atoms with Crippen molar-refractivity contribution in [1.82, 2.24) is 4.98 Å². The fourth-order valence-electron chi connectivity index (χ4n) is 2.19. The summed E-state index contributed by atoms with van der Waals surface area (Å²) in [6.07, 6.45) is 0.340. The number of rotatable bonds is 8. The number of nitrogens with one attached hydrogen (secondary N) is 1. The minimum atomic E-state index is -1.02. The lowest BCUT2D eigenvalue weighted by Crippen LogP contribution is -2.26. The largest absolute Gasteiger partial charge is 0.463 e. The smallest absolute Gasteiger partial charge is 0.347 e. The third kappa shape index (κ3) is 5.61. The van der Waals surface area contributed by atoms with Crippen LogP contribution >= 0.6 is 0 Å². The average Bonchev–Trinajstić information content (AvgIpc) is 2.65. The Bertz CT molecular complexity index is 936. The number of hydrogen-bond donors (Lipinski definition) is 1. The van der Waals surface area contributed by atoms with E-state index in [1.165, 1.54) is 25.3 Å². The number of nitro groups is 1. The van der Waals surface area contributed by atoms with E-state index in [-0.39, 0.29) is 29.7 Å². The third-order valence-electron chi connectivity index (χ3n) is 3.42. The highest BCUT2D eigenvalue weighted by molar-refractivity contribution is 5.89. The number of nitrogens with zero attached hydrogens (tertiary/aromatic N) is 2. The van der Waals surface area contributed by atoms with E-state index in [1.54, 1.807) is 6.92 Å². The van der Waals surface area contributed by atoms with Crippen molar-refractivity contribution in [2.24, 2.45) is 0 Å². The zero-order valence-electron chi connectivity index (χ0n) is 15.8. The van der Waals surface area contributed by atoms with Crippen molar-refractivity contribution in [3.8, 4) is 17.4 Å². The molecule has 1 N–H and O–H groups in total. The van der Waals surface area contributed by atoms with Crippen molar-refractivity contribution in [2.45, 2.75) is 26.9 Å². The van der Waals surface area contributed by atoms with Crippen LogP contribution in [-0.2, 0) is 14.3 Å². The molecule has 1 unspecified atom stereocenters. The molecule has 1 amide bonds. The van der Waals surface area contributed by atoms with E-state index in [0.717, 1.165) is 13.0 Å². The zero-order chi connectivity index (χ0) is 21.6. The maximum Gasteiger partial charge on any atom is 0.347 e. The summed E-state index contributed by atoms with van der Waals surface area (Å²) in [5.74, 6) is -2.76. The lowest BCUT2D eigenvalue weighted by molar-refractivity contribution is -0.385. The van der Waals surface area contributed by atoms with E-state index < -0.39 is 34.4 Å². The van der Waals surface area contributed by atoms with Gasteiger partial charge < -0.3 is 19.5 Å². The molecule has 0 aliphatic rings. The number of carbonyl (C=O) groups excluding carboxylic acids is 2. The van der Waals surface area contributed by atoms with Gasteiger partial charge in [-0.3, -0.25) is 14.9 Å². The van der Waals surface area contributed by atoms with Crippen molar-refractivity contribution < 1.29 is 33.1 Å². The molecule has 1 aromatic carbocycles. The molecule has 1 atom stereocenters. The van der Waals surface area contributed by atoms with Crippen LogP contribution in [0.5, 0.6) is 17.4 Å². The molecule has 29 heavy (non-hydrogen) atoms. The number of carbonyl (C=O) groups is 2. The number of amides is 1. The fourth-order valence-corrected chi connectivity index (χ4v) is 2.19. The van der Waals surface area contributed by atoms with Gasteiger partial charge in [-0.1, -0.05) is 0 Å². The van der Waals surface area contributed by atoms with E-state index >= 15 is 0 Å². The molecule has 0 fully saturated rings. The first-order valence-electron chi connectivity index (χ1n) is 8.44. The molecule has 2 aromatic rings. The predicted molar refractivity (Wildman–Crippen MR) is 98.4 cm³/mol. The van der Waals surface area contributed by atoms with Crippen molar-refractivity contribution in [1.29, 1.82) is 0 Å². The van der Waals surface area contributed by atoms with Crippen LogP contribution in [0, 0.1) is 15.9 Å². The first kappa shape index (κ1) is 21.5. The van der Waals surface area contributed by atoms with Gasteiger partial charge in [-0.25, -0.2) is 14.2 Å². The van der Waals surface area contributed by atoms with Gasteiger partial charge in [0.25, 0.3) is 5.88 Å². The minimum Gasteiger partial charge on any atom is -0.463 e. The topological polar surface area (TPSA) is 130 Å². The van der Waals surface area contributed by atoms with Gasteiger partial charge in [0.2, 0.25) is 11.7 Å². The number of pyridine rings is 1. The summed E-state index contributed by atoms with van der Waals surface area (Å²) in [7, 11) is 0. The zero-order valence-corrected chi connectivity index (χ0v) is 15.8. The van der Waals surface area contributed by atoms with Crippen molar-refractivity contribution in [3.05, 3.63) is 46.4 Å². The predicted octanol–water partition coefficient (Wildman–Crippen LogP) is 3.21. The van der Waals surface area contributed by atoms with Crippen molar-refractivity contribution in [2.75, 3.05) is 11.9 Å². The van der Waals surface area contributed by atoms with Crippen LogP contribution in [0.4, 0.5) is 15.8 Å². The second kappa shape index (κ2) is 9.44. The van der Waals surface area contributed by atoms with Crippen LogP contribution in [0.25, 0.3) is 0 Å². The summed E-state index contributed by atoms with van der Waals surface area (Å²) in [6, 6.07) is 4.46. The molecule has 0 aliphatic heterocycles. The van der Waals surface area contributed by atoms with Crippen LogP contribution in [0.2, 0.25) is 0 Å². The maximum absolute atomic E-state index is 14.0. The second-order valence-corrected chi connectivity index (χ2v) is 5.66. The molecule has 154 valence electrons. The molecule has 0 saturated carbocycles. The number of halogens is 1. The number of nitro benzene ring substituents is 1. The van der Waals surface area contributed by atoms with Crippen LogP contribution in [0.15, 0.2) is 30.5 Å². The van der Waals surface area contributed by atoms with Crippen LogP contribution in [0.3, 0.4) is 0 Å². The Balaban J connectivity index is 2.39. The van der Waals surface area contributed by atoms with Gasteiger partial charge in [-0.05, 0) is 26.0 Å². The molecule has 0 aliphatic carbocycles. The van der Waals surface area contributed by atoms with E-state index in [2.05, 4.69) is 10.3 Å². The van der Waals surface area contributed by atoms with Crippen LogP contribution < -0.4 is 14.8 Å². The molecule has 2 rings (SSSR count). The van der Waals surface area contributed by atoms with E-state index in [4.69, 9.17) is 14.2 Å². The first-order chi connectivity index (χ1) is 13.7. The Morgan fingerprint density at radius 2 is 2.07 bits per heavy atom. The SMILES string of the molecule is CCOC(=O)C(C)Oc1ncccc1Oc1cc(NC(C)=O)c(F)cc1[N+](=O)[O-]. The van der Waals surface area contributed by atoms with E-state index in [1.807, 2.05) is 0 Å². The Kier molecular flexibility index (Phi) is 7.01. The van der Waals surface area contributed by atoms with Crippen molar-refractivity contribution in [3.63, 3.8) is 0 Å². The minimum absolute atomic E-state index is 0.0628. The summed E-state index contributed by atoms with van der Waals surface area (Å²) >= 11 is 0. The number of hydrogen-bond acceptors (Lipinski definition) is 8. The molecule has 0 radical (unpaired) electrons. The highest BCUT2D eigenvalue weighted by Gasteiger charge is 2.24. The average molecular weight is 407 g/mol. The van der Waals surface area contributed by atoms with Gasteiger partial charge in [0.15, 0.2) is 17.7 Å². The Labute approximate surface area is 164 Å². The summed E-state index contributed by atoms with van der Waals surface area (Å²) in [5, 5.41) is 13.5. The number of ether oxygens (including phenoxy) is 3. The first-order valence-corrected chi connectivity index (χ1v) is 8.44. The number of aromatic nitrogens is 1. The summed E-state index contributed by atoms with van der Waals surface area (Å²) < 4.78 is 29.8. The van der Waals surface area contributed by atoms with Gasteiger partial charge in [0.1, 0.15) is 0 Å². The Morgan fingerprint density at radius 1 is 1.34 bits per heavy atom. The molecule has 0 saturated heterocycles. The number of benzene rings is 1. The molecule has 11 heteroatoms. The number of anilines is 1. The highest BCUT2D eigenvalue weighted by Crippen LogP contribution is 2.38. The second-order valence-electron chi connectivity index (χ2n) is 5.66. The molecule has 1 aromatic heterocycles. The lowest BCUT2D eigenvalue weighted by atomic mass is 10.2. The number of esters is 1. The fraction of sp³-hybridized carbons (Fsp3) is 0.278. The van der Waals surface area contributed by atoms with E-state index in [9.17, 15) is 24.1 Å². The standard InChI is InChI=1S/C18H18FN3O7/c1-4-27-18(24)10(2)28-17-15(6-5-7-20-17)29-16-9-13(21-11(3)23)12(19)8-14(16)22(25)26/h5-10H,4H2,1-3H3,(H,21,23). The van der Waals surface area contributed by atoms with Crippen LogP contribution in [0.1, 0.15) is 20.8 Å². The molecule has 0 bridgehead atoms. The third-order valence-corrected chi connectivity index (χ3v) is 3.42. The molecule has 10 nitrogen and oxygen atoms in total. The normalized spacial score (nSPS) is 11.3. The van der Waals surface area contributed by atoms with Crippen LogP contribution in [-0.4, -0.2) is 34.5 Å².